The Bertz CT molecular complexity index is 1260. The maximum Gasteiger partial charge on any atom is 0.408 e. The van der Waals surface area contributed by atoms with Crippen molar-refractivity contribution in [3.8, 4) is 5.82 Å². The van der Waals surface area contributed by atoms with Gasteiger partial charge in [0.2, 0.25) is 0 Å². The summed E-state index contributed by atoms with van der Waals surface area (Å²) in [6, 6.07) is 4.80. The molecule has 0 unspecified atom stereocenters. The van der Waals surface area contributed by atoms with Crippen LogP contribution in [-0.4, -0.2) is 43.4 Å². The summed E-state index contributed by atoms with van der Waals surface area (Å²) in [5.74, 6) is -0.279. The van der Waals surface area contributed by atoms with Crippen LogP contribution in [0.25, 0.3) is 27.8 Å². The fourth-order valence-corrected chi connectivity index (χ4v) is 3.36. The van der Waals surface area contributed by atoms with Gasteiger partial charge in [-0.15, -0.1) is 0 Å². The molecule has 4 aromatic rings. The molecule has 0 aliphatic heterocycles. The van der Waals surface area contributed by atoms with Gasteiger partial charge in [0.05, 0.1) is 10.5 Å². The number of carbonyl (C=O) groups excluding carboxylic acids is 1. The summed E-state index contributed by atoms with van der Waals surface area (Å²) in [6.45, 7) is -1.35. The summed E-state index contributed by atoms with van der Waals surface area (Å²) in [6.07, 6.45) is -1.95. The number of amides is 1. The number of anilines is 1. The molecule has 1 amide bonds. The highest BCUT2D eigenvalue weighted by atomic mass is 35.5. The van der Waals surface area contributed by atoms with Gasteiger partial charge in [0.25, 0.3) is 5.91 Å². The van der Waals surface area contributed by atoms with E-state index in [0.29, 0.717) is 26.2 Å². The number of alkyl halides is 3. The zero-order valence-electron chi connectivity index (χ0n) is 14.8. The van der Waals surface area contributed by atoms with Gasteiger partial charge in [-0.1, -0.05) is 17.7 Å². The zero-order chi connectivity index (χ0) is 20.9. The Hall–Kier alpha value is -3.34. The molecule has 0 aliphatic carbocycles. The molecule has 0 radical (unpaired) electrons. The number of hydrogen-bond acceptors (Lipinski definition) is 5. The Kier molecular flexibility index (Phi) is 4.34. The fourth-order valence-electron chi connectivity index (χ4n) is 3.11. The third-order valence-electron chi connectivity index (χ3n) is 4.34. The van der Waals surface area contributed by atoms with Gasteiger partial charge in [-0.3, -0.25) is 9.36 Å². The van der Waals surface area contributed by atoms with Gasteiger partial charge >= 0.3 is 6.18 Å². The van der Waals surface area contributed by atoms with Crippen molar-refractivity contribution in [2.24, 2.45) is 0 Å². The molecule has 0 aliphatic rings. The highest BCUT2D eigenvalue weighted by Crippen LogP contribution is 2.33. The third kappa shape index (κ3) is 3.23. The summed E-state index contributed by atoms with van der Waals surface area (Å²) < 4.78 is 41.2. The van der Waals surface area contributed by atoms with Crippen LogP contribution in [0.3, 0.4) is 0 Å². The van der Waals surface area contributed by atoms with E-state index in [0.717, 1.165) is 6.33 Å². The minimum atomic E-state index is -4.52. The second-order valence-electron chi connectivity index (χ2n) is 6.21. The summed E-state index contributed by atoms with van der Waals surface area (Å²) in [4.78, 5) is 19.8. The molecule has 0 bridgehead atoms. The van der Waals surface area contributed by atoms with E-state index in [1.807, 2.05) is 0 Å². The van der Waals surface area contributed by atoms with Gasteiger partial charge in [-0.2, -0.15) is 18.3 Å². The molecule has 0 fully saturated rings. The predicted molar refractivity (Wildman–Crippen MR) is 101 cm³/mol. The van der Waals surface area contributed by atoms with E-state index < -0.39 is 12.7 Å². The second-order valence-corrected chi connectivity index (χ2v) is 6.62. The third-order valence-corrected chi connectivity index (χ3v) is 4.64. The summed E-state index contributed by atoms with van der Waals surface area (Å²) >= 11 is 6.30. The Balaban J connectivity index is 2.02. The first-order valence-electron chi connectivity index (χ1n) is 8.26. The first kappa shape index (κ1) is 19.0. The van der Waals surface area contributed by atoms with Crippen LogP contribution in [0, 0.1) is 0 Å². The SMILES string of the molecule is CNC(=O)c1ccc2c(Cl)cn(-c3nn(CC(F)(F)F)c4ncnc(N)c34)c2c1. The molecule has 0 atom stereocenters. The number of nitrogen functional groups attached to an aromatic ring is 1. The fraction of sp³-hybridized carbons (Fsp3) is 0.176. The Morgan fingerprint density at radius 3 is 2.76 bits per heavy atom. The molecule has 1 aromatic carbocycles. The first-order chi connectivity index (χ1) is 13.7. The van der Waals surface area contributed by atoms with Crippen LogP contribution in [0.5, 0.6) is 0 Å². The highest BCUT2D eigenvalue weighted by molar-refractivity contribution is 6.35. The van der Waals surface area contributed by atoms with E-state index in [-0.39, 0.29) is 28.6 Å². The number of benzene rings is 1. The van der Waals surface area contributed by atoms with Crippen LogP contribution < -0.4 is 11.1 Å². The molecule has 3 heterocycles. The van der Waals surface area contributed by atoms with Crippen molar-refractivity contribution in [2.45, 2.75) is 12.7 Å². The largest absolute Gasteiger partial charge is 0.408 e. The number of fused-ring (bicyclic) bond motifs is 2. The number of nitrogens with one attached hydrogen (secondary N) is 1. The standard InChI is InChI=1S/C17H13ClF3N7O/c1-23-16(29)8-2-3-9-10(18)5-27(11(9)4-8)15-12-13(22)24-7-25-14(12)28(26-15)6-17(19,20)21/h2-5,7H,6H2,1H3,(H,23,29)(H2,22,24,25). The molecule has 0 saturated heterocycles. The van der Waals surface area contributed by atoms with E-state index in [9.17, 15) is 18.0 Å². The molecule has 3 N–H and O–H groups in total. The molecule has 29 heavy (non-hydrogen) atoms. The number of carbonyl (C=O) groups is 1. The van der Waals surface area contributed by atoms with Crippen LogP contribution >= 0.6 is 11.6 Å². The molecular weight excluding hydrogens is 411 g/mol. The number of nitrogens with two attached hydrogens (primary N) is 1. The zero-order valence-corrected chi connectivity index (χ0v) is 15.6. The van der Waals surface area contributed by atoms with E-state index in [1.165, 1.54) is 17.8 Å². The van der Waals surface area contributed by atoms with Gasteiger partial charge in [-0.05, 0) is 12.1 Å². The number of hydrogen-bond donors (Lipinski definition) is 2. The van der Waals surface area contributed by atoms with Crippen LogP contribution in [0.4, 0.5) is 19.0 Å². The van der Waals surface area contributed by atoms with Gasteiger partial charge in [0, 0.05) is 24.2 Å². The minimum absolute atomic E-state index is 0.0288. The van der Waals surface area contributed by atoms with Gasteiger partial charge in [0.1, 0.15) is 24.1 Å². The molecular formula is C17H13ClF3N7O. The molecule has 8 nitrogen and oxygen atoms in total. The topological polar surface area (TPSA) is 104 Å². The number of nitrogens with zero attached hydrogens (tertiary/aromatic N) is 5. The lowest BCUT2D eigenvalue weighted by atomic mass is 10.1. The normalized spacial score (nSPS) is 12.0. The van der Waals surface area contributed by atoms with Crippen molar-refractivity contribution >= 4 is 45.3 Å². The smallest absolute Gasteiger partial charge is 0.383 e. The van der Waals surface area contributed by atoms with Crippen molar-refractivity contribution in [3.63, 3.8) is 0 Å². The van der Waals surface area contributed by atoms with Crippen LogP contribution in [-0.2, 0) is 6.54 Å². The molecule has 0 spiro atoms. The Morgan fingerprint density at radius 1 is 1.31 bits per heavy atom. The molecule has 12 heteroatoms. The number of aromatic nitrogens is 5. The second kappa shape index (κ2) is 6.62. The first-order valence-corrected chi connectivity index (χ1v) is 8.64. The minimum Gasteiger partial charge on any atom is -0.383 e. The van der Waals surface area contributed by atoms with E-state index in [4.69, 9.17) is 17.3 Å². The molecule has 3 aromatic heterocycles. The van der Waals surface area contributed by atoms with Gasteiger partial charge in [-0.25, -0.2) is 14.6 Å². The van der Waals surface area contributed by atoms with Crippen LogP contribution in [0.1, 0.15) is 10.4 Å². The average molecular weight is 424 g/mol. The van der Waals surface area contributed by atoms with Crippen LogP contribution in [0.15, 0.2) is 30.7 Å². The quantitative estimate of drug-likeness (QED) is 0.527. The summed E-state index contributed by atoms with van der Waals surface area (Å²) in [5.41, 5.74) is 6.68. The van der Waals surface area contributed by atoms with Gasteiger partial charge < -0.3 is 11.1 Å². The van der Waals surface area contributed by atoms with E-state index >= 15 is 0 Å². The number of rotatable bonds is 3. The van der Waals surface area contributed by atoms with Crippen molar-refractivity contribution < 1.29 is 18.0 Å². The summed E-state index contributed by atoms with van der Waals surface area (Å²) in [7, 11) is 1.49. The van der Waals surface area contributed by atoms with Crippen molar-refractivity contribution in [1.82, 2.24) is 29.6 Å². The van der Waals surface area contributed by atoms with Crippen molar-refractivity contribution in [2.75, 3.05) is 12.8 Å². The maximum atomic E-state index is 13.0. The Morgan fingerprint density at radius 2 is 2.07 bits per heavy atom. The molecule has 0 saturated carbocycles. The monoisotopic (exact) mass is 423 g/mol. The van der Waals surface area contributed by atoms with Gasteiger partial charge in [0.15, 0.2) is 11.5 Å². The lowest BCUT2D eigenvalue weighted by Crippen LogP contribution is -2.19. The van der Waals surface area contributed by atoms with E-state index in [2.05, 4.69) is 20.4 Å². The van der Waals surface area contributed by atoms with Crippen molar-refractivity contribution in [3.05, 3.63) is 41.3 Å². The summed E-state index contributed by atoms with van der Waals surface area (Å²) in [5, 5.41) is 7.67. The van der Waals surface area contributed by atoms with Crippen molar-refractivity contribution in [1.29, 1.82) is 0 Å². The molecule has 150 valence electrons. The van der Waals surface area contributed by atoms with Crippen LogP contribution in [0.2, 0.25) is 5.02 Å². The highest BCUT2D eigenvalue weighted by Gasteiger charge is 2.31. The lowest BCUT2D eigenvalue weighted by Gasteiger charge is -2.06. The Labute approximate surface area is 166 Å². The predicted octanol–water partition coefficient (Wildman–Crippen LogP) is 2.93. The molecule has 4 rings (SSSR count). The average Bonchev–Trinajstić information content (AvgIpc) is 3.18. The van der Waals surface area contributed by atoms with E-state index in [1.54, 1.807) is 18.2 Å². The maximum absolute atomic E-state index is 13.0. The number of halogens is 4. The lowest BCUT2D eigenvalue weighted by molar-refractivity contribution is -0.141.